The molecule has 0 amide bonds. The molecule has 0 aromatic heterocycles. The van der Waals surface area contributed by atoms with Gasteiger partial charge in [0.2, 0.25) is 9.04 Å². The predicted octanol–water partition coefficient (Wildman–Crippen LogP) is 5.68. The largest absolute Gasteiger partial charge is 0.465 e. The second kappa shape index (κ2) is 13.1. The number of rotatable bonds is 9. The molecular weight excluding hydrogens is 552 g/mol. The van der Waals surface area contributed by atoms with Gasteiger partial charge < -0.3 is 18.6 Å². The van der Waals surface area contributed by atoms with Crippen LogP contribution in [0.2, 0.25) is 0 Å². The van der Waals surface area contributed by atoms with Gasteiger partial charge in [-0.25, -0.2) is 0 Å². The quantitative estimate of drug-likeness (QED) is 0.234. The molecule has 5 nitrogen and oxygen atoms in total. The summed E-state index contributed by atoms with van der Waals surface area (Å²) in [7, 11) is -2.08. The van der Waals surface area contributed by atoms with Gasteiger partial charge in [-0.15, -0.1) is 0 Å². The number of carbonyl (C=O) groups is 1. The Morgan fingerprint density at radius 2 is 1.53 bits per heavy atom. The third-order valence-electron chi connectivity index (χ3n) is 9.76. The molecule has 2 unspecified atom stereocenters. The predicted molar refractivity (Wildman–Crippen MR) is 172 cm³/mol. The lowest BCUT2D eigenvalue weighted by atomic mass is 9.66. The second-order valence-corrected chi connectivity index (χ2v) is 16.2. The Hall–Kier alpha value is -2.77. The molecule has 6 atom stereocenters. The maximum absolute atomic E-state index is 13.0. The Morgan fingerprint density at radius 1 is 0.907 bits per heavy atom. The van der Waals surface area contributed by atoms with Crippen molar-refractivity contribution in [1.29, 1.82) is 0 Å². The van der Waals surface area contributed by atoms with E-state index in [1.54, 1.807) is 0 Å². The van der Waals surface area contributed by atoms with Crippen molar-refractivity contribution in [1.82, 2.24) is 0 Å². The first-order valence-electron chi connectivity index (χ1n) is 16.0. The number of fused-ring (bicyclic) bond motifs is 1. The zero-order valence-electron chi connectivity index (χ0n) is 25.8. The van der Waals surface area contributed by atoms with E-state index in [1.807, 2.05) is 0 Å². The molecule has 43 heavy (non-hydrogen) atoms. The van der Waals surface area contributed by atoms with E-state index in [0.717, 1.165) is 38.7 Å². The summed E-state index contributed by atoms with van der Waals surface area (Å²) >= 11 is 0. The van der Waals surface area contributed by atoms with Gasteiger partial charge in [0.15, 0.2) is 6.29 Å². The van der Waals surface area contributed by atoms with Gasteiger partial charge in [-0.2, -0.15) is 0 Å². The Labute approximate surface area is 258 Å². The molecule has 6 rings (SSSR count). The fourth-order valence-electron chi connectivity index (χ4n) is 7.82. The molecule has 2 heterocycles. The number of carbonyl (C=O) groups excluding carboxylic acids is 1. The highest BCUT2D eigenvalue weighted by Gasteiger charge is 2.61. The average molecular weight is 599 g/mol. The van der Waals surface area contributed by atoms with Gasteiger partial charge in [0.1, 0.15) is 0 Å². The minimum atomic E-state index is -2.08. The topological polar surface area (TPSA) is 54.0 Å². The molecule has 3 aromatic carbocycles. The van der Waals surface area contributed by atoms with Gasteiger partial charge in [-0.05, 0) is 58.9 Å². The van der Waals surface area contributed by atoms with Gasteiger partial charge in [0, 0.05) is 18.4 Å². The molecule has 2 saturated heterocycles. The molecule has 228 valence electrons. The number of hydrogen-bond acceptors (Lipinski definition) is 5. The number of hydrogen-bond donors (Lipinski definition) is 0. The van der Waals surface area contributed by atoms with E-state index in [1.165, 1.54) is 15.9 Å². The third kappa shape index (κ3) is 6.83. The van der Waals surface area contributed by atoms with Gasteiger partial charge in [0.25, 0.3) is 0 Å². The van der Waals surface area contributed by atoms with E-state index in [-0.39, 0.29) is 47.1 Å². The molecule has 2 aliphatic heterocycles. The van der Waals surface area contributed by atoms with Gasteiger partial charge >= 0.3 is 5.97 Å². The van der Waals surface area contributed by atoms with Crippen molar-refractivity contribution in [3.8, 4) is 0 Å². The van der Waals surface area contributed by atoms with E-state index in [9.17, 15) is 4.79 Å². The van der Waals surface area contributed by atoms with Crippen molar-refractivity contribution in [3.05, 3.63) is 96.6 Å². The van der Waals surface area contributed by atoms with Crippen molar-refractivity contribution in [3.63, 3.8) is 0 Å². The summed E-state index contributed by atoms with van der Waals surface area (Å²) in [6.07, 6.45) is 4.68. The zero-order valence-corrected chi connectivity index (χ0v) is 27.0. The summed E-state index contributed by atoms with van der Waals surface area (Å²) in [5, 5.41) is 2.53. The van der Waals surface area contributed by atoms with E-state index >= 15 is 0 Å². The van der Waals surface area contributed by atoms with E-state index in [4.69, 9.17) is 18.6 Å². The molecule has 0 N–H and O–H groups in total. The Kier molecular flexibility index (Phi) is 9.20. The fraction of sp³-hybridized carbons (Fsp3) is 0.486. The fourth-order valence-corrected chi connectivity index (χ4v) is 10.5. The highest BCUT2D eigenvalue weighted by Crippen LogP contribution is 2.58. The number of cyclic esters (lactones) is 1. The highest BCUT2D eigenvalue weighted by atomic mass is 28.3. The molecule has 3 fully saturated rings. The summed E-state index contributed by atoms with van der Waals surface area (Å²) in [5.41, 5.74) is 0.813. The standard InChI is InChI=1S/C37H46O5Si/c1-36(2,3)35(42-43(28-17-9-5-10-18-28)29-19-11-6-12-20-29)34-30-26-40-32(38)25-37(30,23-27-15-7-4-8-16-27)24-31(34)41-33-21-13-14-22-39-33/h4-12,15-20,30-31,33-35,43H,13-14,21-26H2,1-3H3/t30-,31-,33?,34+,35?,37-/m1/s1. The van der Waals surface area contributed by atoms with Crippen molar-refractivity contribution >= 4 is 25.4 Å². The van der Waals surface area contributed by atoms with E-state index in [0.29, 0.717) is 13.0 Å². The molecule has 6 heteroatoms. The van der Waals surface area contributed by atoms with Crippen LogP contribution in [0.15, 0.2) is 91.0 Å². The van der Waals surface area contributed by atoms with E-state index in [2.05, 4.69) is 112 Å². The third-order valence-corrected chi connectivity index (χ3v) is 12.3. The maximum Gasteiger partial charge on any atom is 0.306 e. The smallest absolute Gasteiger partial charge is 0.306 e. The zero-order chi connectivity index (χ0) is 29.9. The monoisotopic (exact) mass is 598 g/mol. The lowest BCUT2D eigenvalue weighted by molar-refractivity contribution is -0.206. The van der Waals surface area contributed by atoms with Gasteiger partial charge in [-0.3, -0.25) is 4.79 Å². The minimum absolute atomic E-state index is 0.0461. The summed E-state index contributed by atoms with van der Waals surface area (Å²) in [6, 6.07) is 32.0. The van der Waals surface area contributed by atoms with Crippen LogP contribution in [-0.2, 0) is 29.9 Å². The summed E-state index contributed by atoms with van der Waals surface area (Å²) < 4.78 is 26.5. The number of ether oxygens (including phenoxy) is 3. The maximum atomic E-state index is 13.0. The molecule has 0 bridgehead atoms. The first-order chi connectivity index (χ1) is 20.8. The van der Waals surface area contributed by atoms with Crippen LogP contribution in [0, 0.1) is 22.7 Å². The number of esters is 1. The van der Waals surface area contributed by atoms with Crippen LogP contribution in [0.25, 0.3) is 0 Å². The SMILES string of the molecule is CC(C)(C)C(O[SiH](c1ccccc1)c1ccccc1)[C@H]1[C@H]2COC(=O)C[C@@]2(Cc2ccccc2)C[C@H]1OC1CCCCO1. The average Bonchev–Trinajstić information content (AvgIpc) is 3.30. The first kappa shape index (κ1) is 30.3. The van der Waals surface area contributed by atoms with E-state index < -0.39 is 9.04 Å². The van der Waals surface area contributed by atoms with Crippen LogP contribution >= 0.6 is 0 Å². The van der Waals surface area contributed by atoms with Crippen molar-refractivity contribution < 1.29 is 23.4 Å². The Balaban J connectivity index is 1.42. The molecule has 1 aliphatic carbocycles. The minimum Gasteiger partial charge on any atom is -0.465 e. The van der Waals surface area contributed by atoms with Crippen LogP contribution in [0.1, 0.15) is 58.4 Å². The molecule has 0 radical (unpaired) electrons. The summed E-state index contributed by atoms with van der Waals surface area (Å²) in [4.78, 5) is 13.0. The summed E-state index contributed by atoms with van der Waals surface area (Å²) in [5.74, 6) is 0.0590. The Morgan fingerprint density at radius 3 is 2.12 bits per heavy atom. The first-order valence-corrected chi connectivity index (χ1v) is 17.7. The second-order valence-electron chi connectivity index (χ2n) is 13.9. The number of benzene rings is 3. The van der Waals surface area contributed by atoms with Crippen molar-refractivity contribution in [2.45, 2.75) is 77.8 Å². The van der Waals surface area contributed by atoms with Gasteiger partial charge in [0.05, 0.1) is 25.2 Å². The molecule has 0 spiro atoms. The van der Waals surface area contributed by atoms with Crippen LogP contribution in [0.4, 0.5) is 0 Å². The molecule has 3 aliphatic rings. The van der Waals surface area contributed by atoms with Crippen molar-refractivity contribution in [2.75, 3.05) is 13.2 Å². The molecule has 3 aromatic rings. The van der Waals surface area contributed by atoms with Crippen LogP contribution in [-0.4, -0.2) is 46.7 Å². The lowest BCUT2D eigenvalue weighted by Crippen LogP contribution is -2.55. The molecular formula is C37H46O5Si. The van der Waals surface area contributed by atoms with Gasteiger partial charge in [-0.1, -0.05) is 112 Å². The normalized spacial score (nSPS) is 28.3. The highest BCUT2D eigenvalue weighted by molar-refractivity contribution is 6.80. The summed E-state index contributed by atoms with van der Waals surface area (Å²) in [6.45, 7) is 8.01. The van der Waals surface area contributed by atoms with Crippen molar-refractivity contribution in [2.24, 2.45) is 22.7 Å². The van der Waals surface area contributed by atoms with Crippen LogP contribution < -0.4 is 10.4 Å². The van der Waals surface area contributed by atoms with Crippen LogP contribution in [0.3, 0.4) is 0 Å². The lowest BCUT2D eigenvalue weighted by Gasteiger charge is -2.46. The molecule has 1 saturated carbocycles. The van der Waals surface area contributed by atoms with Crippen LogP contribution in [0.5, 0.6) is 0 Å². The Bertz CT molecular complexity index is 1280.